The van der Waals surface area contributed by atoms with E-state index in [1.54, 1.807) is 36.9 Å². The molecule has 10 heteroatoms. The van der Waals surface area contributed by atoms with E-state index in [4.69, 9.17) is 23.2 Å². The molecule has 0 aliphatic carbocycles. The number of nitrogens with one attached hydrogen (secondary N) is 2. The molecule has 3 heterocycles. The second-order valence-corrected chi connectivity index (χ2v) is 8.15. The summed E-state index contributed by atoms with van der Waals surface area (Å²) in [6, 6.07) is 5.29. The van der Waals surface area contributed by atoms with Crippen molar-refractivity contribution in [1.82, 2.24) is 24.0 Å². The Morgan fingerprint density at radius 1 is 1.21 bits per heavy atom. The Kier molecular flexibility index (Phi) is 5.42. The lowest BCUT2D eigenvalue weighted by Gasteiger charge is -2.24. The maximum absolute atomic E-state index is 13.2. The van der Waals surface area contributed by atoms with E-state index in [-0.39, 0.29) is 18.1 Å². The second-order valence-electron chi connectivity index (χ2n) is 7.34. The van der Waals surface area contributed by atoms with Crippen molar-refractivity contribution in [3.05, 3.63) is 54.6 Å². The SMILES string of the molecule is Cn1c(N[C@H]2CCCNC2)nc2c1c(=O)n(Cc1ccc(Cl)c(Cl)c1)c(=O)n2C. The third-order valence-electron chi connectivity index (χ3n) is 5.31. The predicted molar refractivity (Wildman–Crippen MR) is 115 cm³/mol. The molecule has 2 N–H and O–H groups in total. The van der Waals surface area contributed by atoms with E-state index < -0.39 is 5.69 Å². The van der Waals surface area contributed by atoms with E-state index in [0.717, 1.165) is 25.9 Å². The molecule has 1 aliphatic heterocycles. The maximum atomic E-state index is 13.2. The topological polar surface area (TPSA) is 85.9 Å². The van der Waals surface area contributed by atoms with Crippen LogP contribution < -0.4 is 21.9 Å². The van der Waals surface area contributed by atoms with Crippen molar-refractivity contribution in [2.45, 2.75) is 25.4 Å². The molecule has 0 bridgehead atoms. The van der Waals surface area contributed by atoms with Crippen LogP contribution in [0.3, 0.4) is 0 Å². The second kappa shape index (κ2) is 7.85. The van der Waals surface area contributed by atoms with Crippen LogP contribution in [-0.2, 0) is 20.6 Å². The Hall–Kier alpha value is -2.29. The number of imidazole rings is 1. The predicted octanol–water partition coefficient (Wildman–Crippen LogP) is 1.95. The number of rotatable bonds is 4. The van der Waals surface area contributed by atoms with Crippen LogP contribution >= 0.6 is 23.2 Å². The van der Waals surface area contributed by atoms with Gasteiger partial charge in [-0.05, 0) is 37.1 Å². The van der Waals surface area contributed by atoms with Crippen LogP contribution in [-0.4, -0.2) is 37.8 Å². The zero-order valence-corrected chi connectivity index (χ0v) is 17.7. The van der Waals surface area contributed by atoms with Gasteiger partial charge in [-0.3, -0.25) is 13.9 Å². The summed E-state index contributed by atoms with van der Waals surface area (Å²) in [6.45, 7) is 1.94. The maximum Gasteiger partial charge on any atom is 0.332 e. The molecule has 1 fully saturated rings. The lowest BCUT2D eigenvalue weighted by Crippen LogP contribution is -2.40. The number of benzene rings is 1. The van der Waals surface area contributed by atoms with Crippen molar-refractivity contribution >= 4 is 40.3 Å². The summed E-state index contributed by atoms with van der Waals surface area (Å²) in [5, 5.41) is 7.53. The average Bonchev–Trinajstić information content (AvgIpc) is 3.03. The molecule has 0 amide bonds. The van der Waals surface area contributed by atoms with E-state index >= 15 is 0 Å². The molecular weight excluding hydrogens is 415 g/mol. The Bertz CT molecular complexity index is 1190. The van der Waals surface area contributed by atoms with Crippen molar-refractivity contribution < 1.29 is 0 Å². The van der Waals surface area contributed by atoms with Crippen molar-refractivity contribution in [1.29, 1.82) is 0 Å². The van der Waals surface area contributed by atoms with Gasteiger partial charge in [0.25, 0.3) is 5.56 Å². The molecule has 0 saturated carbocycles. The zero-order chi connectivity index (χ0) is 20.7. The largest absolute Gasteiger partial charge is 0.352 e. The van der Waals surface area contributed by atoms with Crippen molar-refractivity contribution in [3.63, 3.8) is 0 Å². The normalized spacial score (nSPS) is 17.0. The van der Waals surface area contributed by atoms with E-state index in [9.17, 15) is 9.59 Å². The molecule has 4 rings (SSSR count). The van der Waals surface area contributed by atoms with Crippen LogP contribution in [0.25, 0.3) is 11.2 Å². The highest BCUT2D eigenvalue weighted by molar-refractivity contribution is 6.42. The first-order chi connectivity index (χ1) is 13.9. The van der Waals surface area contributed by atoms with Gasteiger partial charge in [0, 0.05) is 26.7 Å². The summed E-state index contributed by atoms with van der Waals surface area (Å²) in [6.07, 6.45) is 2.10. The van der Waals surface area contributed by atoms with Gasteiger partial charge in [-0.25, -0.2) is 4.79 Å². The van der Waals surface area contributed by atoms with E-state index in [2.05, 4.69) is 15.6 Å². The molecule has 3 aromatic rings. The number of hydrogen-bond donors (Lipinski definition) is 2. The zero-order valence-electron chi connectivity index (χ0n) is 16.2. The van der Waals surface area contributed by atoms with Gasteiger partial charge in [-0.1, -0.05) is 29.3 Å². The number of aryl methyl sites for hydroxylation is 2. The molecule has 8 nitrogen and oxygen atoms in total. The van der Waals surface area contributed by atoms with Crippen LogP contribution in [0.1, 0.15) is 18.4 Å². The lowest BCUT2D eigenvalue weighted by molar-refractivity contribution is 0.477. The summed E-state index contributed by atoms with van der Waals surface area (Å²) >= 11 is 12.0. The van der Waals surface area contributed by atoms with Crippen molar-refractivity contribution in [2.24, 2.45) is 14.1 Å². The summed E-state index contributed by atoms with van der Waals surface area (Å²) in [5.74, 6) is 0.577. The Labute approximate surface area is 177 Å². The van der Waals surface area contributed by atoms with Crippen LogP contribution in [0.5, 0.6) is 0 Å². The molecule has 2 aromatic heterocycles. The Morgan fingerprint density at radius 3 is 2.69 bits per heavy atom. The number of piperidine rings is 1. The van der Waals surface area contributed by atoms with Gasteiger partial charge in [-0.15, -0.1) is 0 Å². The molecular formula is C19H22Cl2N6O2. The number of hydrogen-bond acceptors (Lipinski definition) is 5. The summed E-state index contributed by atoms with van der Waals surface area (Å²) in [7, 11) is 3.40. The number of anilines is 1. The number of halogens is 2. The number of aromatic nitrogens is 4. The summed E-state index contributed by atoms with van der Waals surface area (Å²) in [5.41, 5.74) is 0.626. The van der Waals surface area contributed by atoms with E-state index in [1.807, 2.05) is 0 Å². The Morgan fingerprint density at radius 2 is 2.00 bits per heavy atom. The summed E-state index contributed by atoms with van der Waals surface area (Å²) in [4.78, 5) is 30.6. The van der Waals surface area contributed by atoms with Crippen LogP contribution in [0.2, 0.25) is 10.0 Å². The standard InChI is InChI=1S/C19H22Cl2N6O2/c1-25-15-16(24-18(25)23-12-4-3-7-22-9-12)26(2)19(29)27(17(15)28)10-11-5-6-13(20)14(21)8-11/h5-6,8,12,22H,3-4,7,9-10H2,1-2H3,(H,23,24)/t12-/m0/s1. The molecule has 1 atom stereocenters. The van der Waals surface area contributed by atoms with Crippen molar-refractivity contribution in [3.8, 4) is 0 Å². The fourth-order valence-corrected chi connectivity index (χ4v) is 4.01. The molecule has 29 heavy (non-hydrogen) atoms. The minimum Gasteiger partial charge on any atom is -0.352 e. The fraction of sp³-hybridized carbons (Fsp3) is 0.421. The first kappa shape index (κ1) is 20.0. The van der Waals surface area contributed by atoms with Crippen molar-refractivity contribution in [2.75, 3.05) is 18.4 Å². The number of nitrogens with zero attached hydrogens (tertiary/aromatic N) is 4. The minimum atomic E-state index is -0.433. The third-order valence-corrected chi connectivity index (χ3v) is 6.05. The van der Waals surface area contributed by atoms with E-state index in [0.29, 0.717) is 32.7 Å². The van der Waals surface area contributed by atoms with Crippen LogP contribution in [0, 0.1) is 0 Å². The molecule has 154 valence electrons. The average molecular weight is 437 g/mol. The number of fused-ring (bicyclic) bond motifs is 1. The third kappa shape index (κ3) is 3.68. The van der Waals surface area contributed by atoms with Gasteiger partial charge in [0.1, 0.15) is 0 Å². The molecule has 1 aliphatic rings. The van der Waals surface area contributed by atoms with Gasteiger partial charge >= 0.3 is 5.69 Å². The van der Waals surface area contributed by atoms with E-state index in [1.165, 1.54) is 9.13 Å². The van der Waals surface area contributed by atoms with Gasteiger partial charge in [0.15, 0.2) is 11.2 Å². The van der Waals surface area contributed by atoms with Gasteiger partial charge in [0.05, 0.1) is 16.6 Å². The molecule has 0 radical (unpaired) electrons. The molecule has 0 unspecified atom stereocenters. The van der Waals surface area contributed by atoms with Gasteiger partial charge in [-0.2, -0.15) is 4.98 Å². The highest BCUT2D eigenvalue weighted by Gasteiger charge is 2.21. The quantitative estimate of drug-likeness (QED) is 0.652. The highest BCUT2D eigenvalue weighted by Crippen LogP contribution is 2.23. The molecule has 1 saturated heterocycles. The first-order valence-corrected chi connectivity index (χ1v) is 10.2. The summed E-state index contributed by atoms with van der Waals surface area (Å²) < 4.78 is 4.31. The monoisotopic (exact) mass is 436 g/mol. The van der Waals surface area contributed by atoms with Crippen LogP contribution in [0.15, 0.2) is 27.8 Å². The highest BCUT2D eigenvalue weighted by atomic mass is 35.5. The van der Waals surface area contributed by atoms with Gasteiger partial charge in [0.2, 0.25) is 5.95 Å². The molecule has 0 spiro atoms. The fourth-order valence-electron chi connectivity index (χ4n) is 3.69. The Balaban J connectivity index is 1.78. The smallest absolute Gasteiger partial charge is 0.332 e. The lowest BCUT2D eigenvalue weighted by atomic mass is 10.1. The minimum absolute atomic E-state index is 0.0961. The molecule has 1 aromatic carbocycles. The van der Waals surface area contributed by atoms with Gasteiger partial charge < -0.3 is 15.2 Å². The first-order valence-electron chi connectivity index (χ1n) is 9.44. The van der Waals surface area contributed by atoms with Crippen LogP contribution in [0.4, 0.5) is 5.95 Å².